The van der Waals surface area contributed by atoms with Gasteiger partial charge in [-0.1, -0.05) is 13.8 Å². The summed E-state index contributed by atoms with van der Waals surface area (Å²) in [5, 5.41) is 12.8. The van der Waals surface area contributed by atoms with Crippen molar-refractivity contribution in [2.75, 3.05) is 0 Å². The van der Waals surface area contributed by atoms with E-state index in [1.54, 1.807) is 0 Å². The Balaban J connectivity index is 2.17. The van der Waals surface area contributed by atoms with Crippen molar-refractivity contribution in [3.05, 3.63) is 46.2 Å². The van der Waals surface area contributed by atoms with Crippen LogP contribution >= 0.6 is 0 Å². The third-order valence-corrected chi connectivity index (χ3v) is 4.41. The Morgan fingerprint density at radius 1 is 1.32 bits per heavy atom. The highest BCUT2D eigenvalue weighted by molar-refractivity contribution is 6.00. The van der Waals surface area contributed by atoms with E-state index >= 15 is 0 Å². The molecule has 1 aliphatic heterocycles. The Bertz CT molecular complexity index is 756. The summed E-state index contributed by atoms with van der Waals surface area (Å²) in [6, 6.07) is 6.00. The first kappa shape index (κ1) is 14.6. The molecule has 1 unspecified atom stereocenters. The number of ketones is 1. The second-order valence-electron chi connectivity index (χ2n) is 6.99. The first-order valence-corrected chi connectivity index (χ1v) is 7.53. The van der Waals surface area contributed by atoms with Gasteiger partial charge in [0.25, 0.3) is 0 Å². The van der Waals surface area contributed by atoms with E-state index in [0.717, 1.165) is 23.6 Å². The van der Waals surface area contributed by atoms with Gasteiger partial charge in [0.15, 0.2) is 5.78 Å². The van der Waals surface area contributed by atoms with Crippen LogP contribution in [0.25, 0.3) is 0 Å². The molecule has 0 spiro atoms. The van der Waals surface area contributed by atoms with Crippen LogP contribution in [0.1, 0.15) is 51.1 Å². The summed E-state index contributed by atoms with van der Waals surface area (Å²) in [5.41, 5.74) is 2.97. The number of hydrogen-bond donors (Lipinski definition) is 1. The molecule has 0 bridgehead atoms. The molecule has 1 N–H and O–H groups in total. The lowest BCUT2D eigenvalue weighted by Crippen LogP contribution is -2.36. The minimum Gasteiger partial charge on any atom is -0.465 e. The smallest absolute Gasteiger partial charge is 0.162 e. The summed E-state index contributed by atoms with van der Waals surface area (Å²) < 4.78 is 5.75. The second-order valence-corrected chi connectivity index (χ2v) is 6.99. The zero-order valence-electron chi connectivity index (χ0n) is 13.4. The number of nitrogens with one attached hydrogen (secondary N) is 1. The largest absolute Gasteiger partial charge is 0.465 e. The second kappa shape index (κ2) is 4.88. The van der Waals surface area contributed by atoms with E-state index in [-0.39, 0.29) is 17.1 Å². The molecule has 4 nitrogen and oxygen atoms in total. The molecule has 0 saturated heterocycles. The Kier molecular flexibility index (Phi) is 3.25. The Labute approximate surface area is 130 Å². The summed E-state index contributed by atoms with van der Waals surface area (Å²) in [6.45, 7) is 7.95. The van der Waals surface area contributed by atoms with Gasteiger partial charge in [-0.15, -0.1) is 0 Å². The predicted octanol–water partition coefficient (Wildman–Crippen LogP) is 3.72. The average molecular weight is 296 g/mol. The van der Waals surface area contributed by atoms with Gasteiger partial charge in [-0.05, 0) is 37.8 Å². The molecule has 1 aliphatic carbocycles. The summed E-state index contributed by atoms with van der Waals surface area (Å²) >= 11 is 0. The summed E-state index contributed by atoms with van der Waals surface area (Å²) in [6.07, 6.45) is 1.31. The van der Waals surface area contributed by atoms with Gasteiger partial charge in [-0.25, -0.2) is 0 Å². The quantitative estimate of drug-likeness (QED) is 0.857. The molecular formula is C18H20N2O2. The minimum absolute atomic E-state index is 0.0586. The molecule has 1 aromatic heterocycles. The summed E-state index contributed by atoms with van der Waals surface area (Å²) in [7, 11) is 0. The lowest BCUT2D eigenvalue weighted by atomic mass is 9.70. The van der Waals surface area contributed by atoms with Crippen LogP contribution in [-0.4, -0.2) is 5.78 Å². The molecule has 0 saturated carbocycles. The number of carbonyl (C=O) groups is 1. The summed E-state index contributed by atoms with van der Waals surface area (Å²) in [4.78, 5) is 12.7. The fourth-order valence-electron chi connectivity index (χ4n) is 3.48. The highest BCUT2D eigenvalue weighted by atomic mass is 16.3. The van der Waals surface area contributed by atoms with E-state index in [4.69, 9.17) is 4.42 Å². The molecule has 0 amide bonds. The lowest BCUT2D eigenvalue weighted by Gasteiger charge is -2.38. The third kappa shape index (κ3) is 2.27. The highest BCUT2D eigenvalue weighted by Gasteiger charge is 2.42. The van der Waals surface area contributed by atoms with Crippen LogP contribution in [0.15, 0.2) is 39.1 Å². The predicted molar refractivity (Wildman–Crippen MR) is 82.7 cm³/mol. The molecule has 3 rings (SSSR count). The Morgan fingerprint density at radius 2 is 2.05 bits per heavy atom. The zero-order valence-corrected chi connectivity index (χ0v) is 13.4. The van der Waals surface area contributed by atoms with E-state index in [1.165, 1.54) is 0 Å². The van der Waals surface area contributed by atoms with Gasteiger partial charge >= 0.3 is 0 Å². The van der Waals surface area contributed by atoms with Crippen LogP contribution in [0.4, 0.5) is 0 Å². The molecule has 1 atom stereocenters. The molecule has 2 heterocycles. The lowest BCUT2D eigenvalue weighted by molar-refractivity contribution is -0.118. The zero-order chi connectivity index (χ0) is 16.1. The molecule has 0 fully saturated rings. The number of hydrogen-bond acceptors (Lipinski definition) is 4. The molecule has 22 heavy (non-hydrogen) atoms. The van der Waals surface area contributed by atoms with Crippen LogP contribution in [-0.2, 0) is 4.79 Å². The summed E-state index contributed by atoms with van der Waals surface area (Å²) in [5.74, 6) is 1.20. The van der Waals surface area contributed by atoms with Crippen molar-refractivity contribution in [2.24, 2.45) is 5.41 Å². The van der Waals surface area contributed by atoms with Crippen LogP contribution in [0.5, 0.6) is 0 Å². The number of allylic oxidation sites excluding steroid dienone is 4. The molecule has 114 valence electrons. The maximum atomic E-state index is 12.7. The van der Waals surface area contributed by atoms with E-state index in [0.29, 0.717) is 23.3 Å². The molecule has 2 aliphatic rings. The van der Waals surface area contributed by atoms with Gasteiger partial charge < -0.3 is 9.73 Å². The van der Waals surface area contributed by atoms with Crippen molar-refractivity contribution < 1.29 is 9.21 Å². The number of nitriles is 1. The molecule has 4 heteroatoms. The normalized spacial score (nSPS) is 24.0. The van der Waals surface area contributed by atoms with Gasteiger partial charge in [0.2, 0.25) is 0 Å². The fraction of sp³-hybridized carbons (Fsp3) is 0.444. The number of Topliss-reactive ketones (excluding diaryl/α,β-unsaturated/α-hetero) is 1. The number of carbonyl (C=O) groups excluding carboxylic acids is 1. The van der Waals surface area contributed by atoms with Gasteiger partial charge in [-0.2, -0.15) is 5.26 Å². The number of furan rings is 1. The van der Waals surface area contributed by atoms with E-state index in [9.17, 15) is 10.1 Å². The molecular weight excluding hydrogens is 276 g/mol. The molecule has 0 aromatic carbocycles. The number of dihydropyridines is 1. The van der Waals surface area contributed by atoms with Crippen LogP contribution in [0.2, 0.25) is 0 Å². The first-order chi connectivity index (χ1) is 10.3. The number of aryl methyl sites for hydroxylation is 1. The van der Waals surface area contributed by atoms with E-state index < -0.39 is 0 Å². The number of nitrogens with zero attached hydrogens (tertiary/aromatic N) is 1. The van der Waals surface area contributed by atoms with Crippen LogP contribution in [0, 0.1) is 23.7 Å². The maximum Gasteiger partial charge on any atom is 0.162 e. The maximum absolute atomic E-state index is 12.7. The van der Waals surface area contributed by atoms with Gasteiger partial charge in [-0.3, -0.25) is 4.79 Å². The van der Waals surface area contributed by atoms with Gasteiger partial charge in [0.1, 0.15) is 11.5 Å². The SMILES string of the molecule is CC1=C(C#N)C(c2ccc(C)o2)C2=C(CC(C)(C)CC2=O)N1. The highest BCUT2D eigenvalue weighted by Crippen LogP contribution is 2.46. The van der Waals surface area contributed by atoms with Gasteiger partial charge in [0.05, 0.1) is 17.6 Å². The average Bonchev–Trinajstić information content (AvgIpc) is 2.82. The third-order valence-electron chi connectivity index (χ3n) is 4.41. The minimum atomic E-state index is -0.376. The van der Waals surface area contributed by atoms with Crippen molar-refractivity contribution in [1.29, 1.82) is 5.26 Å². The molecule has 1 aromatic rings. The van der Waals surface area contributed by atoms with Crippen molar-refractivity contribution in [2.45, 2.75) is 46.5 Å². The van der Waals surface area contributed by atoms with E-state index in [2.05, 4.69) is 25.2 Å². The van der Waals surface area contributed by atoms with Crippen molar-refractivity contribution in [1.82, 2.24) is 5.32 Å². The monoisotopic (exact) mass is 296 g/mol. The number of rotatable bonds is 1. The fourth-order valence-corrected chi connectivity index (χ4v) is 3.48. The van der Waals surface area contributed by atoms with E-state index in [1.807, 2.05) is 26.0 Å². The Morgan fingerprint density at radius 3 is 2.64 bits per heavy atom. The van der Waals surface area contributed by atoms with Crippen molar-refractivity contribution >= 4 is 5.78 Å². The Hall–Kier alpha value is -2.28. The topological polar surface area (TPSA) is 66.0 Å². The standard InChI is InChI=1S/C18H20N2O2/c1-10-5-6-15(22-10)16-12(9-19)11(2)20-13-7-18(3,4)8-14(21)17(13)16/h5-6,16,20H,7-8H2,1-4H3. The van der Waals surface area contributed by atoms with Crippen molar-refractivity contribution in [3.63, 3.8) is 0 Å². The van der Waals surface area contributed by atoms with Crippen molar-refractivity contribution in [3.8, 4) is 6.07 Å². The van der Waals surface area contributed by atoms with Crippen LogP contribution in [0.3, 0.4) is 0 Å². The first-order valence-electron chi connectivity index (χ1n) is 7.53. The van der Waals surface area contributed by atoms with Gasteiger partial charge in [0, 0.05) is 23.4 Å². The molecule has 0 radical (unpaired) electrons. The van der Waals surface area contributed by atoms with Crippen LogP contribution < -0.4 is 5.32 Å².